The highest BCUT2D eigenvalue weighted by Gasteiger charge is 2.52. The Morgan fingerprint density at radius 3 is 2.23 bits per heavy atom. The van der Waals surface area contributed by atoms with Crippen molar-refractivity contribution in [3.63, 3.8) is 0 Å². The van der Waals surface area contributed by atoms with E-state index in [-0.39, 0.29) is 0 Å². The number of para-hydroxylation sites is 1. The maximum atomic E-state index is 6.55. The summed E-state index contributed by atoms with van der Waals surface area (Å²) in [4.78, 5) is 0. The highest BCUT2D eigenvalue weighted by Crippen LogP contribution is 2.62. The van der Waals surface area contributed by atoms with E-state index in [0.717, 1.165) is 28.9 Å². The van der Waals surface area contributed by atoms with Gasteiger partial charge in [-0.25, -0.2) is 0 Å². The van der Waals surface area contributed by atoms with E-state index in [2.05, 4.69) is 66.2 Å². The largest absolute Gasteiger partial charge is 0.455 e. The number of aryl methyl sites for hydroxylation is 1. The van der Waals surface area contributed by atoms with Crippen molar-refractivity contribution in [1.82, 2.24) is 4.57 Å². The quantitative estimate of drug-likeness (QED) is 0.279. The van der Waals surface area contributed by atoms with Gasteiger partial charge in [0.25, 0.3) is 0 Å². The van der Waals surface area contributed by atoms with Crippen molar-refractivity contribution in [2.75, 3.05) is 0 Å². The Kier molecular flexibility index (Phi) is 3.02. The van der Waals surface area contributed by atoms with Crippen molar-refractivity contribution < 1.29 is 4.42 Å². The number of hydrogen-bond acceptors (Lipinski definition) is 1. The van der Waals surface area contributed by atoms with Gasteiger partial charge < -0.3 is 8.98 Å². The minimum atomic E-state index is 0.372. The second-order valence-corrected chi connectivity index (χ2v) is 10.9. The lowest BCUT2D eigenvalue weighted by Crippen LogP contribution is -2.48. The Labute approximate surface area is 181 Å². The van der Waals surface area contributed by atoms with E-state index in [4.69, 9.17) is 4.42 Å². The molecule has 31 heavy (non-hydrogen) atoms. The van der Waals surface area contributed by atoms with Gasteiger partial charge in [-0.2, -0.15) is 0 Å². The fourth-order valence-corrected chi connectivity index (χ4v) is 8.39. The Balaban J connectivity index is 1.52. The van der Waals surface area contributed by atoms with Crippen LogP contribution >= 0.6 is 0 Å². The molecule has 2 heteroatoms. The normalized spacial score (nSPS) is 29.8. The van der Waals surface area contributed by atoms with Crippen LogP contribution in [0.15, 0.2) is 59.0 Å². The minimum Gasteiger partial charge on any atom is -0.455 e. The van der Waals surface area contributed by atoms with Gasteiger partial charge in [-0.1, -0.05) is 30.3 Å². The third kappa shape index (κ3) is 2.04. The molecule has 2 aromatic heterocycles. The monoisotopic (exact) mass is 405 g/mol. The molecule has 4 fully saturated rings. The molecule has 0 atom stereocenters. The van der Waals surface area contributed by atoms with Crippen LogP contribution < -0.4 is 0 Å². The summed E-state index contributed by atoms with van der Waals surface area (Å²) in [5.74, 6) is 2.84. The molecule has 154 valence electrons. The summed E-state index contributed by atoms with van der Waals surface area (Å²) in [5.41, 5.74) is 6.70. The van der Waals surface area contributed by atoms with Gasteiger partial charge in [0.2, 0.25) is 0 Å². The van der Waals surface area contributed by atoms with Gasteiger partial charge in [-0.15, -0.1) is 0 Å². The summed E-state index contributed by atoms with van der Waals surface area (Å²) >= 11 is 0. The first kappa shape index (κ1) is 16.9. The fourth-order valence-electron chi connectivity index (χ4n) is 8.39. The van der Waals surface area contributed by atoms with Crippen LogP contribution in [0.2, 0.25) is 0 Å². The van der Waals surface area contributed by atoms with Crippen LogP contribution in [-0.4, -0.2) is 4.57 Å². The minimum absolute atomic E-state index is 0.372. The average molecular weight is 406 g/mol. The Hall–Kier alpha value is -2.74. The molecule has 0 amide bonds. The average Bonchev–Trinajstić information content (AvgIpc) is 3.28. The van der Waals surface area contributed by atoms with Gasteiger partial charge in [-0.05, 0) is 91.5 Å². The molecule has 0 spiro atoms. The zero-order valence-electron chi connectivity index (χ0n) is 18.0. The number of hydrogen-bond donors (Lipinski definition) is 0. The first-order chi connectivity index (χ1) is 15.2. The van der Waals surface area contributed by atoms with Gasteiger partial charge >= 0.3 is 0 Å². The van der Waals surface area contributed by atoms with E-state index < -0.39 is 0 Å². The summed E-state index contributed by atoms with van der Waals surface area (Å²) in [6.07, 6.45) is 8.63. The van der Waals surface area contributed by atoms with Gasteiger partial charge in [0.1, 0.15) is 11.2 Å². The van der Waals surface area contributed by atoms with Crippen LogP contribution in [0.25, 0.3) is 43.7 Å². The van der Waals surface area contributed by atoms with Crippen LogP contribution in [-0.2, 0) is 12.5 Å². The van der Waals surface area contributed by atoms with Crippen LogP contribution in [0, 0.1) is 17.8 Å². The van der Waals surface area contributed by atoms with Crippen molar-refractivity contribution in [2.45, 2.75) is 43.9 Å². The summed E-state index contributed by atoms with van der Waals surface area (Å²) in [7, 11) is 2.22. The molecule has 4 saturated carbocycles. The lowest BCUT2D eigenvalue weighted by molar-refractivity contribution is -0.00446. The Morgan fingerprint density at radius 1 is 0.742 bits per heavy atom. The van der Waals surface area contributed by atoms with Crippen LogP contribution in [0.5, 0.6) is 0 Å². The molecule has 0 N–H and O–H groups in total. The third-order valence-electron chi connectivity index (χ3n) is 9.15. The fraction of sp³-hybridized carbons (Fsp3) is 0.379. The topological polar surface area (TPSA) is 18.1 Å². The smallest absolute Gasteiger partial charge is 0.145 e. The van der Waals surface area contributed by atoms with Crippen LogP contribution in [0.1, 0.15) is 44.1 Å². The number of benzene rings is 3. The molecule has 2 heterocycles. The van der Waals surface area contributed by atoms with E-state index in [1.807, 2.05) is 0 Å². The van der Waals surface area contributed by atoms with Crippen LogP contribution in [0.4, 0.5) is 0 Å². The van der Waals surface area contributed by atoms with E-state index >= 15 is 0 Å². The van der Waals surface area contributed by atoms with Gasteiger partial charge in [-0.3, -0.25) is 0 Å². The van der Waals surface area contributed by atoms with E-state index in [0.29, 0.717) is 5.41 Å². The second-order valence-electron chi connectivity index (χ2n) is 10.9. The first-order valence-corrected chi connectivity index (χ1v) is 12.0. The maximum absolute atomic E-state index is 6.55. The number of rotatable bonds is 1. The number of furan rings is 1. The molecule has 0 unspecified atom stereocenters. The van der Waals surface area contributed by atoms with Gasteiger partial charge in [0.05, 0.1) is 10.9 Å². The molecule has 3 aromatic carbocycles. The highest BCUT2D eigenvalue weighted by molar-refractivity contribution is 6.24. The lowest BCUT2D eigenvalue weighted by Gasteiger charge is -2.57. The third-order valence-corrected chi connectivity index (χ3v) is 9.15. The summed E-state index contributed by atoms with van der Waals surface area (Å²) in [6, 6.07) is 20.1. The highest BCUT2D eigenvalue weighted by atomic mass is 16.3. The molecule has 4 aliphatic carbocycles. The van der Waals surface area contributed by atoms with Crippen molar-refractivity contribution in [1.29, 1.82) is 0 Å². The Bertz CT molecular complexity index is 1500. The van der Waals surface area contributed by atoms with E-state index in [1.165, 1.54) is 71.1 Å². The predicted octanol–water partition coefficient (Wildman–Crippen LogP) is 7.70. The summed E-state index contributed by atoms with van der Waals surface area (Å²) in [6.45, 7) is 0. The molecule has 0 aliphatic heterocycles. The molecule has 5 aromatic rings. The zero-order chi connectivity index (χ0) is 20.3. The van der Waals surface area contributed by atoms with Crippen molar-refractivity contribution in [3.8, 4) is 0 Å². The molecule has 2 nitrogen and oxygen atoms in total. The van der Waals surface area contributed by atoms with Crippen molar-refractivity contribution in [3.05, 3.63) is 60.2 Å². The standard InChI is InChI=1S/C29H27NO/c1-30-23-7-4-6-22(29-14-17-11-18(15-29)13-19(12-17)16-29)26(23)27-24(30)10-9-21-20-5-2-3-8-25(20)31-28(21)27/h2-10,17-19H,11-16H2,1H3. The molecule has 4 aliphatic rings. The molecular weight excluding hydrogens is 378 g/mol. The maximum Gasteiger partial charge on any atom is 0.145 e. The Morgan fingerprint density at radius 2 is 1.45 bits per heavy atom. The molecule has 4 bridgehead atoms. The van der Waals surface area contributed by atoms with Crippen LogP contribution in [0.3, 0.4) is 0 Å². The number of nitrogens with zero attached hydrogens (tertiary/aromatic N) is 1. The van der Waals surface area contributed by atoms with Gasteiger partial charge in [0, 0.05) is 28.7 Å². The summed E-state index contributed by atoms with van der Waals surface area (Å²) < 4.78 is 8.94. The summed E-state index contributed by atoms with van der Waals surface area (Å²) in [5, 5.41) is 5.27. The second kappa shape index (κ2) is 5.54. The SMILES string of the molecule is Cn1c2cccc(C34CC5CC(CC(C5)C3)C4)c2c2c3oc4ccccc4c3ccc21. The molecule has 9 rings (SSSR count). The van der Waals surface area contributed by atoms with E-state index in [1.54, 1.807) is 5.56 Å². The number of aromatic nitrogens is 1. The number of fused-ring (bicyclic) bond motifs is 7. The van der Waals surface area contributed by atoms with Gasteiger partial charge in [0.15, 0.2) is 0 Å². The van der Waals surface area contributed by atoms with Crippen molar-refractivity contribution in [2.24, 2.45) is 24.8 Å². The zero-order valence-corrected chi connectivity index (χ0v) is 18.0. The van der Waals surface area contributed by atoms with E-state index in [9.17, 15) is 0 Å². The lowest BCUT2D eigenvalue weighted by atomic mass is 9.48. The predicted molar refractivity (Wildman–Crippen MR) is 128 cm³/mol. The molecule has 0 radical (unpaired) electrons. The molecule has 0 saturated heterocycles. The molecular formula is C29H27NO. The first-order valence-electron chi connectivity index (χ1n) is 12.0. The van der Waals surface area contributed by atoms with Crippen molar-refractivity contribution >= 4 is 43.7 Å².